The molecule has 0 atom stereocenters. The van der Waals surface area contributed by atoms with Crippen LogP contribution in [0.2, 0.25) is 0 Å². The molecule has 0 spiro atoms. The molecule has 3 aromatic rings. The largest absolute Gasteiger partial charge is 0.490 e. The molecule has 0 aliphatic carbocycles. The van der Waals surface area contributed by atoms with Gasteiger partial charge in [0.25, 0.3) is 0 Å². The van der Waals surface area contributed by atoms with Crippen molar-refractivity contribution in [1.82, 2.24) is 14.9 Å². The molecule has 0 bridgehead atoms. The predicted octanol–water partition coefficient (Wildman–Crippen LogP) is 4.07. The molecule has 6 nitrogen and oxygen atoms in total. The maximum atomic E-state index is 6.00. The number of halogens is 1. The van der Waals surface area contributed by atoms with Crippen molar-refractivity contribution in [2.75, 3.05) is 12.0 Å². The molecule has 0 radical (unpaired) electrons. The Morgan fingerprint density at radius 1 is 1.04 bits per heavy atom. The molecule has 0 aliphatic rings. The Morgan fingerprint density at radius 3 is 2.42 bits per heavy atom. The van der Waals surface area contributed by atoms with Crippen molar-refractivity contribution in [3.63, 3.8) is 0 Å². The molecule has 3 rings (SSSR count). The van der Waals surface area contributed by atoms with Gasteiger partial charge in [-0.3, -0.25) is 0 Å². The van der Waals surface area contributed by atoms with Gasteiger partial charge in [-0.05, 0) is 37.1 Å². The Morgan fingerprint density at radius 2 is 1.73 bits per heavy atom. The van der Waals surface area contributed by atoms with Crippen molar-refractivity contribution >= 4 is 15.9 Å². The zero-order chi connectivity index (χ0) is 18.4. The minimum absolute atomic E-state index is 0.491. The summed E-state index contributed by atoms with van der Waals surface area (Å²) in [5.74, 6) is 1.44. The molecule has 136 valence electrons. The van der Waals surface area contributed by atoms with E-state index in [2.05, 4.69) is 62.7 Å². The Kier molecular flexibility index (Phi) is 6.12. The second kappa shape index (κ2) is 8.71. The molecule has 7 heteroatoms. The van der Waals surface area contributed by atoms with E-state index in [1.807, 2.05) is 19.1 Å². The molecule has 0 amide bonds. The number of hydrogen-bond acceptors (Lipinski definition) is 5. The number of aromatic nitrogens is 3. The summed E-state index contributed by atoms with van der Waals surface area (Å²) in [6, 6.07) is 12.2. The smallest absolute Gasteiger partial charge is 0.162 e. The first-order valence-corrected chi connectivity index (χ1v) is 9.17. The van der Waals surface area contributed by atoms with Crippen molar-refractivity contribution in [2.24, 2.45) is 0 Å². The van der Waals surface area contributed by atoms with E-state index < -0.39 is 0 Å². The van der Waals surface area contributed by atoms with Gasteiger partial charge in [0.15, 0.2) is 11.5 Å². The third kappa shape index (κ3) is 4.76. The zero-order valence-electron chi connectivity index (χ0n) is 14.8. The number of ether oxygens (including phenoxy) is 2. The second-order valence-corrected chi connectivity index (χ2v) is 6.66. The van der Waals surface area contributed by atoms with E-state index in [1.165, 1.54) is 5.56 Å². The Bertz CT molecular complexity index is 836. The Labute approximate surface area is 161 Å². The van der Waals surface area contributed by atoms with Crippen molar-refractivity contribution in [3.05, 3.63) is 70.2 Å². The maximum Gasteiger partial charge on any atom is 0.162 e. The fourth-order valence-corrected chi connectivity index (χ4v) is 2.86. The van der Waals surface area contributed by atoms with Gasteiger partial charge < -0.3 is 14.9 Å². The number of benzene rings is 2. The van der Waals surface area contributed by atoms with Crippen LogP contribution in [-0.4, -0.2) is 21.5 Å². The van der Waals surface area contributed by atoms with Crippen LogP contribution in [0.25, 0.3) is 0 Å². The molecular formula is C19H21BrN4O2. The highest BCUT2D eigenvalue weighted by Gasteiger charge is 2.11. The summed E-state index contributed by atoms with van der Waals surface area (Å²) in [5, 5.41) is 7.54. The highest BCUT2D eigenvalue weighted by atomic mass is 79.9. The summed E-state index contributed by atoms with van der Waals surface area (Å²) in [6.07, 6.45) is 3.22. The van der Waals surface area contributed by atoms with Gasteiger partial charge in [0.2, 0.25) is 0 Å². The first-order chi connectivity index (χ1) is 12.7. The fraction of sp³-hybridized carbons (Fsp3) is 0.263. The number of hydrogen-bond donors (Lipinski definition) is 1. The van der Waals surface area contributed by atoms with Crippen LogP contribution in [0.5, 0.6) is 11.5 Å². The monoisotopic (exact) mass is 416 g/mol. The van der Waals surface area contributed by atoms with Gasteiger partial charge in [-0.25, -0.2) is 4.68 Å². The van der Waals surface area contributed by atoms with E-state index >= 15 is 0 Å². The van der Waals surface area contributed by atoms with Crippen molar-refractivity contribution in [3.8, 4) is 11.5 Å². The van der Waals surface area contributed by atoms with E-state index in [0.29, 0.717) is 25.5 Å². The first kappa shape index (κ1) is 18.3. The lowest BCUT2D eigenvalue weighted by molar-refractivity contribution is 0.269. The topological polar surface area (TPSA) is 61.2 Å². The SMILES string of the molecule is CCOc1cc(CNn2cnnc2)c(Br)cc1OCc1ccc(C)cc1. The van der Waals surface area contributed by atoms with Crippen molar-refractivity contribution in [1.29, 1.82) is 0 Å². The first-order valence-electron chi connectivity index (χ1n) is 8.37. The van der Waals surface area contributed by atoms with Gasteiger partial charge in [-0.15, -0.1) is 10.2 Å². The van der Waals surface area contributed by atoms with Crippen molar-refractivity contribution < 1.29 is 9.47 Å². The molecule has 0 unspecified atom stereocenters. The third-order valence-corrected chi connectivity index (χ3v) is 4.54. The lowest BCUT2D eigenvalue weighted by Gasteiger charge is -2.16. The number of rotatable bonds is 8. The third-order valence-electron chi connectivity index (χ3n) is 3.80. The van der Waals surface area contributed by atoms with Crippen LogP contribution < -0.4 is 14.9 Å². The normalized spacial score (nSPS) is 10.6. The highest BCUT2D eigenvalue weighted by molar-refractivity contribution is 9.10. The molecule has 2 aromatic carbocycles. The van der Waals surface area contributed by atoms with Crippen LogP contribution in [-0.2, 0) is 13.2 Å². The van der Waals surface area contributed by atoms with E-state index in [9.17, 15) is 0 Å². The second-order valence-electron chi connectivity index (χ2n) is 5.80. The van der Waals surface area contributed by atoms with Crippen LogP contribution in [0.4, 0.5) is 0 Å². The number of nitrogens with one attached hydrogen (secondary N) is 1. The summed E-state index contributed by atoms with van der Waals surface area (Å²) >= 11 is 3.62. The predicted molar refractivity (Wildman–Crippen MR) is 104 cm³/mol. The number of aryl methyl sites for hydroxylation is 1. The molecule has 1 N–H and O–H groups in total. The Balaban J connectivity index is 1.73. The van der Waals surface area contributed by atoms with Crippen LogP contribution in [0.1, 0.15) is 23.6 Å². The molecule has 0 fully saturated rings. The summed E-state index contributed by atoms with van der Waals surface area (Å²) in [7, 11) is 0. The lowest BCUT2D eigenvalue weighted by Crippen LogP contribution is -2.12. The molecule has 0 aliphatic heterocycles. The highest BCUT2D eigenvalue weighted by Crippen LogP contribution is 2.34. The van der Waals surface area contributed by atoms with Gasteiger partial charge in [-0.1, -0.05) is 45.8 Å². The van der Waals surface area contributed by atoms with E-state index in [-0.39, 0.29) is 0 Å². The number of nitrogens with zero attached hydrogens (tertiary/aromatic N) is 3. The average Bonchev–Trinajstić information content (AvgIpc) is 3.15. The quantitative estimate of drug-likeness (QED) is 0.599. The van der Waals surface area contributed by atoms with Gasteiger partial charge in [0.05, 0.1) is 13.2 Å². The van der Waals surface area contributed by atoms with Crippen LogP contribution in [0, 0.1) is 6.92 Å². The van der Waals surface area contributed by atoms with Crippen LogP contribution >= 0.6 is 15.9 Å². The van der Waals surface area contributed by atoms with Gasteiger partial charge in [0, 0.05) is 4.47 Å². The Hall–Kier alpha value is -2.54. The van der Waals surface area contributed by atoms with E-state index in [0.717, 1.165) is 21.3 Å². The van der Waals surface area contributed by atoms with Gasteiger partial charge >= 0.3 is 0 Å². The zero-order valence-corrected chi connectivity index (χ0v) is 16.4. The summed E-state index contributed by atoms with van der Waals surface area (Å²) < 4.78 is 14.4. The standard InChI is InChI=1S/C19H21BrN4O2/c1-3-25-18-8-16(10-23-24-12-21-22-13-24)17(20)9-19(18)26-11-15-6-4-14(2)5-7-15/h4-9,12-13,23H,3,10-11H2,1-2H3. The summed E-state index contributed by atoms with van der Waals surface area (Å²) in [6.45, 7) is 5.69. The van der Waals surface area contributed by atoms with Gasteiger partial charge in [-0.2, -0.15) is 0 Å². The minimum Gasteiger partial charge on any atom is -0.490 e. The molecule has 0 saturated heterocycles. The van der Waals surface area contributed by atoms with Crippen LogP contribution in [0.3, 0.4) is 0 Å². The van der Waals surface area contributed by atoms with E-state index in [4.69, 9.17) is 9.47 Å². The summed E-state index contributed by atoms with van der Waals surface area (Å²) in [4.78, 5) is 0. The van der Waals surface area contributed by atoms with E-state index in [1.54, 1.807) is 17.3 Å². The summed E-state index contributed by atoms with van der Waals surface area (Å²) in [5.41, 5.74) is 6.60. The molecule has 1 heterocycles. The minimum atomic E-state index is 0.491. The van der Waals surface area contributed by atoms with Crippen molar-refractivity contribution in [2.45, 2.75) is 27.0 Å². The molecule has 0 saturated carbocycles. The lowest BCUT2D eigenvalue weighted by atomic mass is 10.1. The fourth-order valence-electron chi connectivity index (χ4n) is 2.40. The molecule has 1 aromatic heterocycles. The molecule has 26 heavy (non-hydrogen) atoms. The average molecular weight is 417 g/mol. The molecular weight excluding hydrogens is 396 g/mol. The maximum absolute atomic E-state index is 6.00. The van der Waals surface area contributed by atoms with Gasteiger partial charge in [0.1, 0.15) is 19.3 Å². The van der Waals surface area contributed by atoms with Crippen LogP contribution in [0.15, 0.2) is 53.5 Å².